The summed E-state index contributed by atoms with van der Waals surface area (Å²) in [6.45, 7) is 2.63. The predicted molar refractivity (Wildman–Crippen MR) is 104 cm³/mol. The quantitative estimate of drug-likeness (QED) is 0.668. The fourth-order valence-electron chi connectivity index (χ4n) is 2.92. The Kier molecular flexibility index (Phi) is 7.66. The Labute approximate surface area is 156 Å². The number of sulfonamides is 1. The molecule has 0 fully saturated rings. The maximum atomic E-state index is 12.3. The average molecular weight is 381 g/mol. The third-order valence-corrected chi connectivity index (χ3v) is 5.56. The summed E-state index contributed by atoms with van der Waals surface area (Å²) in [6, 6.07) is 7.01. The number of ether oxygens (including phenoxy) is 1. The predicted octanol–water partition coefficient (Wildman–Crippen LogP) is 3.18. The number of hydrogen-bond acceptors (Lipinski definition) is 4. The zero-order chi connectivity index (χ0) is 19.0. The Morgan fingerprint density at radius 2 is 1.96 bits per heavy atom. The highest BCUT2D eigenvalue weighted by molar-refractivity contribution is 7.88. The Morgan fingerprint density at radius 3 is 2.54 bits per heavy atom. The fraction of sp³-hybridized carbons (Fsp3) is 0.526. The van der Waals surface area contributed by atoms with E-state index in [1.165, 1.54) is 16.3 Å². The van der Waals surface area contributed by atoms with Crippen molar-refractivity contribution in [3.8, 4) is 5.75 Å². The van der Waals surface area contributed by atoms with E-state index in [-0.39, 0.29) is 12.5 Å². The fourth-order valence-corrected chi connectivity index (χ4v) is 3.70. The molecule has 0 aromatic heterocycles. The van der Waals surface area contributed by atoms with Gasteiger partial charge in [0.15, 0.2) is 0 Å². The minimum Gasteiger partial charge on any atom is -0.494 e. The van der Waals surface area contributed by atoms with Crippen molar-refractivity contribution in [2.24, 2.45) is 0 Å². The largest absolute Gasteiger partial charge is 0.494 e. The molecule has 1 aromatic rings. The van der Waals surface area contributed by atoms with Crippen LogP contribution in [0, 0.1) is 0 Å². The van der Waals surface area contributed by atoms with Gasteiger partial charge in [-0.25, -0.2) is 8.42 Å². The number of carbonyl (C=O) groups is 1. The average Bonchev–Trinajstić information content (AvgIpc) is 2.60. The van der Waals surface area contributed by atoms with Gasteiger partial charge in [-0.05, 0) is 63.3 Å². The number of rotatable bonds is 9. The van der Waals surface area contributed by atoms with Gasteiger partial charge in [0, 0.05) is 12.2 Å². The molecular weight excluding hydrogens is 352 g/mol. The van der Waals surface area contributed by atoms with E-state index in [1.807, 2.05) is 6.92 Å². The van der Waals surface area contributed by atoms with Crippen LogP contribution in [-0.4, -0.2) is 44.6 Å². The number of carbonyl (C=O) groups excluding carboxylic acids is 1. The van der Waals surface area contributed by atoms with Gasteiger partial charge in [-0.2, -0.15) is 4.31 Å². The van der Waals surface area contributed by atoms with Gasteiger partial charge in [-0.1, -0.05) is 11.6 Å². The highest BCUT2D eigenvalue weighted by Gasteiger charge is 2.20. The van der Waals surface area contributed by atoms with Gasteiger partial charge in [0.1, 0.15) is 5.75 Å². The Morgan fingerprint density at radius 1 is 1.23 bits per heavy atom. The van der Waals surface area contributed by atoms with Crippen molar-refractivity contribution in [1.82, 2.24) is 4.31 Å². The lowest BCUT2D eigenvalue weighted by atomic mass is 9.97. The van der Waals surface area contributed by atoms with Crippen LogP contribution >= 0.6 is 0 Å². The second-order valence-corrected chi connectivity index (χ2v) is 8.44. The maximum Gasteiger partial charge on any atom is 0.239 e. The van der Waals surface area contributed by atoms with Crippen LogP contribution in [0.2, 0.25) is 0 Å². The first kappa shape index (κ1) is 20.5. The number of anilines is 1. The summed E-state index contributed by atoms with van der Waals surface area (Å²) in [5, 5.41) is 2.74. The molecule has 1 aliphatic carbocycles. The molecule has 1 amide bonds. The number of amides is 1. The number of nitrogens with one attached hydrogen (secondary N) is 1. The molecule has 6 nitrogen and oxygen atoms in total. The van der Waals surface area contributed by atoms with Crippen LogP contribution in [0.3, 0.4) is 0 Å². The summed E-state index contributed by atoms with van der Waals surface area (Å²) in [5.41, 5.74) is 1.90. The van der Waals surface area contributed by atoms with Crippen LogP contribution < -0.4 is 10.1 Å². The van der Waals surface area contributed by atoms with Crippen LogP contribution in [0.4, 0.5) is 5.69 Å². The molecule has 0 heterocycles. The van der Waals surface area contributed by atoms with Crippen molar-refractivity contribution >= 4 is 21.6 Å². The van der Waals surface area contributed by atoms with Crippen molar-refractivity contribution in [2.75, 3.05) is 31.3 Å². The number of allylic oxidation sites excluding steroid dienone is 1. The molecule has 1 aliphatic rings. The standard InChI is InChI=1S/C19H28N2O4S/c1-3-25-18-11-9-17(10-12-18)20-19(22)15-21(26(2,23)24)14-13-16-7-5-4-6-8-16/h7,9-12H,3-6,8,13-15H2,1-2H3,(H,20,22). The summed E-state index contributed by atoms with van der Waals surface area (Å²) in [6.07, 6.45) is 8.47. The molecular formula is C19H28N2O4S. The zero-order valence-electron chi connectivity index (χ0n) is 15.5. The molecule has 1 aromatic carbocycles. The van der Waals surface area contributed by atoms with Crippen LogP contribution in [0.1, 0.15) is 39.0 Å². The molecule has 0 saturated heterocycles. The molecule has 0 unspecified atom stereocenters. The molecule has 0 bridgehead atoms. The van der Waals surface area contributed by atoms with Gasteiger partial charge in [0.25, 0.3) is 0 Å². The van der Waals surface area contributed by atoms with Crippen molar-refractivity contribution < 1.29 is 17.9 Å². The van der Waals surface area contributed by atoms with Crippen molar-refractivity contribution in [1.29, 1.82) is 0 Å². The molecule has 0 atom stereocenters. The summed E-state index contributed by atoms with van der Waals surface area (Å²) >= 11 is 0. The first-order chi connectivity index (χ1) is 12.4. The lowest BCUT2D eigenvalue weighted by Gasteiger charge is -2.21. The van der Waals surface area contributed by atoms with Crippen molar-refractivity contribution in [2.45, 2.75) is 39.0 Å². The van der Waals surface area contributed by atoms with Gasteiger partial charge in [0.2, 0.25) is 15.9 Å². The third kappa shape index (κ3) is 6.80. The molecule has 0 saturated carbocycles. The second-order valence-electron chi connectivity index (χ2n) is 6.46. The first-order valence-corrected chi connectivity index (χ1v) is 10.9. The van der Waals surface area contributed by atoms with E-state index in [0.29, 0.717) is 25.3 Å². The Balaban J connectivity index is 1.92. The zero-order valence-corrected chi connectivity index (χ0v) is 16.3. The number of hydrogen-bond donors (Lipinski definition) is 1. The summed E-state index contributed by atoms with van der Waals surface area (Å²) < 4.78 is 30.6. The minimum absolute atomic E-state index is 0.181. The van der Waals surface area contributed by atoms with Gasteiger partial charge >= 0.3 is 0 Å². The number of benzene rings is 1. The van der Waals surface area contributed by atoms with Gasteiger partial charge in [-0.3, -0.25) is 4.79 Å². The van der Waals surface area contributed by atoms with E-state index >= 15 is 0 Å². The molecule has 0 aliphatic heterocycles. The monoisotopic (exact) mass is 380 g/mol. The highest BCUT2D eigenvalue weighted by atomic mass is 32.2. The van der Waals surface area contributed by atoms with Gasteiger partial charge in [0.05, 0.1) is 19.4 Å². The van der Waals surface area contributed by atoms with Crippen LogP contribution in [0.15, 0.2) is 35.9 Å². The highest BCUT2D eigenvalue weighted by Crippen LogP contribution is 2.21. The molecule has 0 spiro atoms. The van der Waals surface area contributed by atoms with Gasteiger partial charge < -0.3 is 10.1 Å². The normalized spacial score (nSPS) is 14.8. The Bertz CT molecular complexity index is 726. The molecule has 0 radical (unpaired) electrons. The summed E-state index contributed by atoms with van der Waals surface area (Å²) in [7, 11) is -3.44. The van der Waals surface area contributed by atoms with Crippen molar-refractivity contribution in [3.05, 3.63) is 35.9 Å². The molecule has 7 heteroatoms. The van der Waals surface area contributed by atoms with E-state index in [4.69, 9.17) is 4.74 Å². The maximum absolute atomic E-state index is 12.3. The number of nitrogens with zero attached hydrogens (tertiary/aromatic N) is 1. The van der Waals surface area contributed by atoms with E-state index in [9.17, 15) is 13.2 Å². The minimum atomic E-state index is -3.44. The lowest BCUT2D eigenvalue weighted by Crippen LogP contribution is -2.38. The van der Waals surface area contributed by atoms with Crippen LogP contribution in [0.25, 0.3) is 0 Å². The van der Waals surface area contributed by atoms with E-state index in [1.54, 1.807) is 24.3 Å². The summed E-state index contributed by atoms with van der Waals surface area (Å²) in [4.78, 5) is 12.3. The molecule has 144 valence electrons. The topological polar surface area (TPSA) is 75.7 Å². The molecule has 2 rings (SSSR count). The third-order valence-electron chi connectivity index (χ3n) is 4.31. The Hall–Kier alpha value is -1.86. The van der Waals surface area contributed by atoms with E-state index in [0.717, 1.165) is 31.3 Å². The SMILES string of the molecule is CCOc1ccc(NC(=O)CN(CCC2=CCCCC2)S(C)(=O)=O)cc1. The van der Waals surface area contributed by atoms with E-state index < -0.39 is 10.0 Å². The van der Waals surface area contributed by atoms with Crippen LogP contribution in [-0.2, 0) is 14.8 Å². The van der Waals surface area contributed by atoms with Crippen LogP contribution in [0.5, 0.6) is 5.75 Å². The van der Waals surface area contributed by atoms with Crippen molar-refractivity contribution in [3.63, 3.8) is 0 Å². The molecule has 26 heavy (non-hydrogen) atoms. The molecule has 1 N–H and O–H groups in total. The summed E-state index contributed by atoms with van der Waals surface area (Å²) in [5.74, 6) is 0.376. The second kappa shape index (κ2) is 9.73. The first-order valence-electron chi connectivity index (χ1n) is 9.04. The smallest absolute Gasteiger partial charge is 0.239 e. The van der Waals surface area contributed by atoms with Gasteiger partial charge in [-0.15, -0.1) is 0 Å². The van der Waals surface area contributed by atoms with E-state index in [2.05, 4.69) is 11.4 Å². The lowest BCUT2D eigenvalue weighted by molar-refractivity contribution is -0.116.